The van der Waals surface area contributed by atoms with E-state index in [0.29, 0.717) is 24.3 Å². The Morgan fingerprint density at radius 2 is 2.04 bits per heavy atom. The van der Waals surface area contributed by atoms with Gasteiger partial charge < -0.3 is 5.32 Å². The number of amides is 1. The molecule has 2 atom stereocenters. The minimum absolute atomic E-state index is 0.0181. The molecule has 0 saturated heterocycles. The van der Waals surface area contributed by atoms with Gasteiger partial charge in [0.25, 0.3) is 0 Å². The third kappa shape index (κ3) is 4.40. The summed E-state index contributed by atoms with van der Waals surface area (Å²) in [5, 5.41) is 14.9. The third-order valence-corrected chi connectivity index (χ3v) is 4.84. The molecule has 24 heavy (non-hydrogen) atoms. The Kier molecular flexibility index (Phi) is 5.56. The Bertz CT molecular complexity index is 654. The number of rotatable bonds is 6. The molecule has 1 aliphatic rings. The number of carbonyl (C=O) groups excluding carboxylic acids is 1. The number of tetrazole rings is 1. The van der Waals surface area contributed by atoms with Gasteiger partial charge in [0.2, 0.25) is 5.91 Å². The van der Waals surface area contributed by atoms with Crippen LogP contribution in [0.25, 0.3) is 0 Å². The summed E-state index contributed by atoms with van der Waals surface area (Å²) in [5.74, 6) is 1.20. The fourth-order valence-electron chi connectivity index (χ4n) is 3.34. The van der Waals surface area contributed by atoms with Gasteiger partial charge in [-0.3, -0.25) is 4.79 Å². The van der Waals surface area contributed by atoms with Gasteiger partial charge in [0.15, 0.2) is 5.82 Å². The lowest BCUT2D eigenvalue weighted by atomic mass is 9.86. The lowest BCUT2D eigenvalue weighted by molar-refractivity contribution is -0.121. The number of aryl methyl sites for hydroxylation is 2. The van der Waals surface area contributed by atoms with Gasteiger partial charge in [0.05, 0.1) is 6.42 Å². The smallest absolute Gasteiger partial charge is 0.227 e. The summed E-state index contributed by atoms with van der Waals surface area (Å²) in [6, 6.07) is 10.5. The Morgan fingerprint density at radius 1 is 1.25 bits per heavy atom. The average molecular weight is 327 g/mol. The van der Waals surface area contributed by atoms with E-state index >= 15 is 0 Å². The fourth-order valence-corrected chi connectivity index (χ4v) is 3.34. The summed E-state index contributed by atoms with van der Waals surface area (Å²) in [4.78, 5) is 12.3. The molecule has 3 rings (SSSR count). The quantitative estimate of drug-likeness (QED) is 0.882. The van der Waals surface area contributed by atoms with Gasteiger partial charge in [-0.2, -0.15) is 0 Å². The van der Waals surface area contributed by atoms with Crippen molar-refractivity contribution in [1.82, 2.24) is 25.5 Å². The number of hydrogen-bond acceptors (Lipinski definition) is 4. The maximum atomic E-state index is 12.3. The Balaban J connectivity index is 1.54. The molecule has 1 saturated carbocycles. The summed E-state index contributed by atoms with van der Waals surface area (Å²) in [7, 11) is 0. The maximum Gasteiger partial charge on any atom is 0.227 e. The van der Waals surface area contributed by atoms with Crippen molar-refractivity contribution in [1.29, 1.82) is 0 Å². The zero-order chi connectivity index (χ0) is 16.8. The number of aromatic nitrogens is 4. The van der Waals surface area contributed by atoms with Crippen LogP contribution in [-0.2, 0) is 24.2 Å². The topological polar surface area (TPSA) is 72.7 Å². The van der Waals surface area contributed by atoms with Crippen molar-refractivity contribution in [3.8, 4) is 0 Å². The highest BCUT2D eigenvalue weighted by Crippen LogP contribution is 2.23. The van der Waals surface area contributed by atoms with E-state index in [0.717, 1.165) is 12.8 Å². The molecule has 2 aromatic rings. The maximum absolute atomic E-state index is 12.3. The van der Waals surface area contributed by atoms with E-state index in [4.69, 9.17) is 0 Å². The summed E-state index contributed by atoms with van der Waals surface area (Å²) in [5.41, 5.74) is 1.24. The molecule has 1 amide bonds. The number of nitrogens with zero attached hydrogens (tertiary/aromatic N) is 4. The van der Waals surface area contributed by atoms with E-state index in [1.54, 1.807) is 4.68 Å². The summed E-state index contributed by atoms with van der Waals surface area (Å²) < 4.78 is 1.73. The van der Waals surface area contributed by atoms with Gasteiger partial charge in [-0.05, 0) is 41.2 Å². The van der Waals surface area contributed by atoms with Crippen molar-refractivity contribution in [3.63, 3.8) is 0 Å². The molecule has 128 valence electrons. The second kappa shape index (κ2) is 8.04. The monoisotopic (exact) mass is 327 g/mol. The zero-order valence-corrected chi connectivity index (χ0v) is 14.2. The Morgan fingerprint density at radius 3 is 2.83 bits per heavy atom. The number of carbonyl (C=O) groups is 1. The Labute approximate surface area is 142 Å². The van der Waals surface area contributed by atoms with E-state index in [-0.39, 0.29) is 12.3 Å². The van der Waals surface area contributed by atoms with Crippen molar-refractivity contribution in [2.24, 2.45) is 5.92 Å². The highest BCUT2D eigenvalue weighted by molar-refractivity contribution is 5.78. The van der Waals surface area contributed by atoms with E-state index in [9.17, 15) is 4.79 Å². The van der Waals surface area contributed by atoms with Gasteiger partial charge in [0, 0.05) is 12.6 Å². The van der Waals surface area contributed by atoms with Crippen LogP contribution in [0.5, 0.6) is 0 Å². The molecule has 0 spiro atoms. The third-order valence-electron chi connectivity index (χ3n) is 4.84. The first-order valence-corrected chi connectivity index (χ1v) is 8.80. The number of nitrogens with one attached hydrogen (secondary N) is 1. The van der Waals surface area contributed by atoms with Crippen molar-refractivity contribution >= 4 is 5.91 Å². The molecule has 0 aliphatic heterocycles. The van der Waals surface area contributed by atoms with Crippen LogP contribution in [0.1, 0.15) is 44.0 Å². The van der Waals surface area contributed by atoms with Gasteiger partial charge in [0.1, 0.15) is 0 Å². The highest BCUT2D eigenvalue weighted by atomic mass is 16.1. The van der Waals surface area contributed by atoms with E-state index in [1.165, 1.54) is 24.8 Å². The van der Waals surface area contributed by atoms with Crippen LogP contribution >= 0.6 is 0 Å². The predicted molar refractivity (Wildman–Crippen MR) is 91.2 cm³/mol. The molecule has 1 heterocycles. The van der Waals surface area contributed by atoms with Crippen LogP contribution in [0, 0.1) is 5.92 Å². The van der Waals surface area contributed by atoms with Crippen molar-refractivity contribution in [3.05, 3.63) is 41.7 Å². The van der Waals surface area contributed by atoms with Crippen LogP contribution < -0.4 is 5.32 Å². The summed E-state index contributed by atoms with van der Waals surface area (Å²) in [6.45, 7) is 2.90. The zero-order valence-electron chi connectivity index (χ0n) is 14.2. The van der Waals surface area contributed by atoms with E-state index in [2.05, 4.69) is 39.9 Å². The van der Waals surface area contributed by atoms with Crippen molar-refractivity contribution in [2.75, 3.05) is 0 Å². The fraction of sp³-hybridized carbons (Fsp3) is 0.556. The van der Waals surface area contributed by atoms with E-state index < -0.39 is 0 Å². The van der Waals surface area contributed by atoms with Gasteiger partial charge in [-0.15, -0.1) is 5.10 Å². The SMILES string of the molecule is CC1CCCCC1NC(=O)Cc1nnnn1CCc1ccccc1. The lowest BCUT2D eigenvalue weighted by Crippen LogP contribution is -2.42. The molecule has 1 aromatic carbocycles. The van der Waals surface area contributed by atoms with Gasteiger partial charge in [-0.25, -0.2) is 4.68 Å². The normalized spacial score (nSPS) is 20.7. The number of hydrogen-bond donors (Lipinski definition) is 1. The molecule has 1 N–H and O–H groups in total. The van der Waals surface area contributed by atoms with Crippen LogP contribution in [0.2, 0.25) is 0 Å². The summed E-state index contributed by atoms with van der Waals surface area (Å²) in [6.07, 6.45) is 5.83. The highest BCUT2D eigenvalue weighted by Gasteiger charge is 2.23. The first-order valence-electron chi connectivity index (χ1n) is 8.80. The molecular formula is C18H25N5O. The second-order valence-electron chi connectivity index (χ2n) is 6.67. The van der Waals surface area contributed by atoms with Crippen LogP contribution in [0.3, 0.4) is 0 Å². The second-order valence-corrected chi connectivity index (χ2v) is 6.67. The minimum Gasteiger partial charge on any atom is -0.353 e. The summed E-state index contributed by atoms with van der Waals surface area (Å²) >= 11 is 0. The standard InChI is InChI=1S/C18H25N5O/c1-14-7-5-6-10-16(14)19-18(24)13-17-20-21-22-23(17)12-11-15-8-3-2-4-9-15/h2-4,8-9,14,16H,5-7,10-13H2,1H3,(H,19,24). The molecule has 2 unspecified atom stereocenters. The van der Waals surface area contributed by atoms with Crippen LogP contribution in [0.4, 0.5) is 0 Å². The molecule has 1 fully saturated rings. The lowest BCUT2D eigenvalue weighted by Gasteiger charge is -2.29. The Hall–Kier alpha value is -2.24. The van der Waals surface area contributed by atoms with Crippen LogP contribution in [0.15, 0.2) is 30.3 Å². The largest absolute Gasteiger partial charge is 0.353 e. The minimum atomic E-state index is 0.0181. The first-order chi connectivity index (χ1) is 11.7. The first kappa shape index (κ1) is 16.6. The molecule has 1 aromatic heterocycles. The van der Waals surface area contributed by atoms with Crippen molar-refractivity contribution < 1.29 is 4.79 Å². The molecule has 6 heteroatoms. The van der Waals surface area contributed by atoms with E-state index in [1.807, 2.05) is 18.2 Å². The van der Waals surface area contributed by atoms with Crippen molar-refractivity contribution in [2.45, 2.75) is 58.0 Å². The molecular weight excluding hydrogens is 302 g/mol. The molecule has 0 radical (unpaired) electrons. The van der Waals surface area contributed by atoms with Crippen LogP contribution in [-0.4, -0.2) is 32.2 Å². The van der Waals surface area contributed by atoms with Gasteiger partial charge in [-0.1, -0.05) is 50.1 Å². The molecule has 6 nitrogen and oxygen atoms in total. The van der Waals surface area contributed by atoms with Gasteiger partial charge >= 0.3 is 0 Å². The molecule has 1 aliphatic carbocycles. The average Bonchev–Trinajstić information content (AvgIpc) is 3.03. The molecule has 0 bridgehead atoms. The number of benzene rings is 1. The predicted octanol–water partition coefficient (Wildman–Crippen LogP) is 2.15.